The summed E-state index contributed by atoms with van der Waals surface area (Å²) in [6, 6.07) is 4.61. The molecule has 0 aliphatic carbocycles. The molecule has 0 saturated carbocycles. The van der Waals surface area contributed by atoms with Crippen molar-refractivity contribution in [2.24, 2.45) is 0 Å². The van der Waals surface area contributed by atoms with Crippen LogP contribution in [0.25, 0.3) is 0 Å². The molecule has 1 rings (SSSR count). The van der Waals surface area contributed by atoms with Gasteiger partial charge < -0.3 is 14.8 Å². The predicted molar refractivity (Wildman–Crippen MR) is 62.4 cm³/mol. The highest BCUT2D eigenvalue weighted by Gasteiger charge is 2.13. The van der Waals surface area contributed by atoms with Crippen LogP contribution in [-0.2, 0) is 9.53 Å². The van der Waals surface area contributed by atoms with Crippen molar-refractivity contribution < 1.29 is 19.1 Å². The van der Waals surface area contributed by atoms with Gasteiger partial charge in [0.1, 0.15) is 12.3 Å². The van der Waals surface area contributed by atoms with Gasteiger partial charge in [0, 0.05) is 5.02 Å². The summed E-state index contributed by atoms with van der Waals surface area (Å²) in [6.45, 7) is -0.193. The van der Waals surface area contributed by atoms with Gasteiger partial charge in [-0.2, -0.15) is 0 Å². The van der Waals surface area contributed by atoms with Crippen molar-refractivity contribution >= 4 is 23.5 Å². The zero-order valence-electron chi connectivity index (χ0n) is 9.45. The fourth-order valence-corrected chi connectivity index (χ4v) is 1.33. The minimum absolute atomic E-state index is 0.193. The highest BCUT2D eigenvalue weighted by molar-refractivity contribution is 6.30. The van der Waals surface area contributed by atoms with Gasteiger partial charge in [0.05, 0.1) is 19.8 Å². The molecule has 1 N–H and O–H groups in total. The molecule has 0 aromatic heterocycles. The largest absolute Gasteiger partial charge is 0.496 e. The SMILES string of the molecule is COC(=O)CNC(=O)c1ccc(Cl)cc1OC. The first kappa shape index (κ1) is 13.3. The van der Waals surface area contributed by atoms with Crippen molar-refractivity contribution in [3.05, 3.63) is 28.8 Å². The molecule has 0 aliphatic rings. The average molecular weight is 258 g/mol. The molecule has 92 valence electrons. The second-order valence-corrected chi connectivity index (χ2v) is 3.54. The van der Waals surface area contributed by atoms with Gasteiger partial charge in [-0.15, -0.1) is 0 Å². The fraction of sp³-hybridized carbons (Fsp3) is 0.273. The van der Waals surface area contributed by atoms with E-state index in [1.165, 1.54) is 26.4 Å². The molecule has 0 saturated heterocycles. The van der Waals surface area contributed by atoms with Crippen molar-refractivity contribution in [2.45, 2.75) is 0 Å². The van der Waals surface area contributed by atoms with E-state index in [4.69, 9.17) is 16.3 Å². The number of ether oxygens (including phenoxy) is 2. The molecule has 6 heteroatoms. The first-order valence-electron chi connectivity index (χ1n) is 4.77. The Hall–Kier alpha value is -1.75. The quantitative estimate of drug-likeness (QED) is 0.825. The van der Waals surface area contributed by atoms with Crippen LogP contribution in [0.15, 0.2) is 18.2 Å². The van der Waals surface area contributed by atoms with E-state index >= 15 is 0 Å². The minimum atomic E-state index is -0.522. The van der Waals surface area contributed by atoms with Crippen molar-refractivity contribution in [3.8, 4) is 5.75 Å². The number of rotatable bonds is 4. The Morgan fingerprint density at radius 2 is 2.06 bits per heavy atom. The lowest BCUT2D eigenvalue weighted by atomic mass is 10.2. The number of amides is 1. The average Bonchev–Trinajstić information content (AvgIpc) is 2.35. The number of carbonyl (C=O) groups excluding carboxylic acids is 2. The van der Waals surface area contributed by atoms with E-state index in [0.717, 1.165) is 0 Å². The van der Waals surface area contributed by atoms with Gasteiger partial charge in [0.25, 0.3) is 5.91 Å². The molecule has 1 amide bonds. The van der Waals surface area contributed by atoms with Gasteiger partial charge in [0.15, 0.2) is 0 Å². The monoisotopic (exact) mass is 257 g/mol. The Morgan fingerprint density at radius 3 is 2.65 bits per heavy atom. The van der Waals surface area contributed by atoms with E-state index in [1.54, 1.807) is 6.07 Å². The molecule has 0 atom stereocenters. The standard InChI is InChI=1S/C11H12ClNO4/c1-16-9-5-7(12)3-4-8(9)11(15)13-6-10(14)17-2/h3-5H,6H2,1-2H3,(H,13,15). The Labute approximate surface area is 104 Å². The number of carbonyl (C=O) groups is 2. The molecule has 0 aliphatic heterocycles. The van der Waals surface area contributed by atoms with E-state index in [-0.39, 0.29) is 6.54 Å². The molecule has 0 bridgehead atoms. The maximum absolute atomic E-state index is 11.7. The molecular formula is C11H12ClNO4. The van der Waals surface area contributed by atoms with Gasteiger partial charge >= 0.3 is 5.97 Å². The molecule has 17 heavy (non-hydrogen) atoms. The molecule has 0 unspecified atom stereocenters. The van der Waals surface area contributed by atoms with Crippen LogP contribution >= 0.6 is 11.6 Å². The van der Waals surface area contributed by atoms with Crippen LogP contribution in [0.2, 0.25) is 5.02 Å². The summed E-state index contributed by atoms with van der Waals surface area (Å²) in [5.41, 5.74) is 0.306. The Kier molecular flexibility index (Phi) is 4.78. The second-order valence-electron chi connectivity index (χ2n) is 3.10. The molecule has 0 fully saturated rings. The van der Waals surface area contributed by atoms with Crippen LogP contribution in [-0.4, -0.2) is 32.6 Å². The topological polar surface area (TPSA) is 64.6 Å². The normalized spacial score (nSPS) is 9.59. The fourth-order valence-electron chi connectivity index (χ4n) is 1.17. The van der Waals surface area contributed by atoms with Crippen LogP contribution < -0.4 is 10.1 Å². The van der Waals surface area contributed by atoms with Crippen molar-refractivity contribution in [1.82, 2.24) is 5.32 Å². The summed E-state index contributed by atoms with van der Waals surface area (Å²) in [5.74, 6) is -0.602. The molecule has 1 aromatic carbocycles. The summed E-state index contributed by atoms with van der Waals surface area (Å²) >= 11 is 5.76. The maximum Gasteiger partial charge on any atom is 0.325 e. The first-order valence-corrected chi connectivity index (χ1v) is 5.15. The lowest BCUT2D eigenvalue weighted by molar-refractivity contribution is -0.139. The van der Waals surface area contributed by atoms with E-state index < -0.39 is 11.9 Å². The van der Waals surface area contributed by atoms with Crippen molar-refractivity contribution in [1.29, 1.82) is 0 Å². The van der Waals surface area contributed by atoms with Crippen LogP contribution in [0.5, 0.6) is 5.75 Å². The molecule has 5 nitrogen and oxygen atoms in total. The Bertz CT molecular complexity index is 433. The van der Waals surface area contributed by atoms with Crippen LogP contribution in [0, 0.1) is 0 Å². The number of esters is 1. The van der Waals surface area contributed by atoms with E-state index in [2.05, 4.69) is 10.1 Å². The third-order valence-electron chi connectivity index (χ3n) is 2.03. The zero-order chi connectivity index (χ0) is 12.8. The minimum Gasteiger partial charge on any atom is -0.496 e. The van der Waals surface area contributed by atoms with Gasteiger partial charge in [0.2, 0.25) is 0 Å². The van der Waals surface area contributed by atoms with Crippen LogP contribution in [0.1, 0.15) is 10.4 Å². The van der Waals surface area contributed by atoms with Gasteiger partial charge in [-0.05, 0) is 18.2 Å². The number of methoxy groups -OCH3 is 2. The third-order valence-corrected chi connectivity index (χ3v) is 2.26. The summed E-state index contributed by atoms with van der Waals surface area (Å²) < 4.78 is 9.43. The van der Waals surface area contributed by atoms with Gasteiger partial charge in [-0.25, -0.2) is 0 Å². The van der Waals surface area contributed by atoms with E-state index in [0.29, 0.717) is 16.3 Å². The van der Waals surface area contributed by atoms with E-state index in [9.17, 15) is 9.59 Å². The Balaban J connectivity index is 2.78. The van der Waals surface area contributed by atoms with Crippen molar-refractivity contribution in [2.75, 3.05) is 20.8 Å². The third kappa shape index (κ3) is 3.64. The molecule has 0 radical (unpaired) electrons. The summed E-state index contributed by atoms with van der Waals surface area (Å²) in [7, 11) is 2.68. The van der Waals surface area contributed by atoms with Crippen molar-refractivity contribution in [3.63, 3.8) is 0 Å². The number of benzene rings is 1. The highest BCUT2D eigenvalue weighted by Crippen LogP contribution is 2.22. The lowest BCUT2D eigenvalue weighted by Gasteiger charge is -2.08. The molecule has 0 heterocycles. The van der Waals surface area contributed by atoms with Gasteiger partial charge in [-0.3, -0.25) is 9.59 Å². The lowest BCUT2D eigenvalue weighted by Crippen LogP contribution is -2.30. The summed E-state index contributed by atoms with van der Waals surface area (Å²) in [5, 5.41) is 2.87. The highest BCUT2D eigenvalue weighted by atomic mass is 35.5. The molecule has 0 spiro atoms. The maximum atomic E-state index is 11.7. The van der Waals surface area contributed by atoms with E-state index in [1.807, 2.05) is 0 Å². The number of hydrogen-bond acceptors (Lipinski definition) is 4. The van der Waals surface area contributed by atoms with Crippen LogP contribution in [0.3, 0.4) is 0 Å². The first-order chi connectivity index (χ1) is 8.08. The van der Waals surface area contributed by atoms with Gasteiger partial charge in [-0.1, -0.05) is 11.6 Å². The summed E-state index contributed by atoms with van der Waals surface area (Å²) in [4.78, 5) is 22.6. The predicted octanol–water partition coefficient (Wildman–Crippen LogP) is 1.25. The zero-order valence-corrected chi connectivity index (χ0v) is 10.2. The number of nitrogens with one attached hydrogen (secondary N) is 1. The second kappa shape index (κ2) is 6.10. The summed E-state index contributed by atoms with van der Waals surface area (Å²) in [6.07, 6.45) is 0. The smallest absolute Gasteiger partial charge is 0.325 e. The van der Waals surface area contributed by atoms with Crippen LogP contribution in [0.4, 0.5) is 0 Å². The number of hydrogen-bond donors (Lipinski definition) is 1. The Morgan fingerprint density at radius 1 is 1.35 bits per heavy atom. The number of halogens is 1. The molecular weight excluding hydrogens is 246 g/mol. The molecule has 1 aromatic rings.